The number of carbonyl (C=O) groups is 1. The van der Waals surface area contributed by atoms with Crippen molar-refractivity contribution in [1.82, 2.24) is 4.90 Å². The Kier molecular flexibility index (Phi) is 3.34. The van der Waals surface area contributed by atoms with Gasteiger partial charge in [0.1, 0.15) is 5.60 Å². The normalized spacial score (nSPS) is 24.3. The van der Waals surface area contributed by atoms with E-state index in [4.69, 9.17) is 9.15 Å². The minimum atomic E-state index is -0.574. The molecule has 2 atom stereocenters. The van der Waals surface area contributed by atoms with Crippen LogP contribution in [-0.2, 0) is 4.74 Å². The fourth-order valence-electron chi connectivity index (χ4n) is 2.08. The van der Waals surface area contributed by atoms with Crippen molar-refractivity contribution >= 4 is 6.09 Å². The fourth-order valence-corrected chi connectivity index (χ4v) is 2.08. The molecule has 0 aromatic carbocycles. The summed E-state index contributed by atoms with van der Waals surface area (Å²) < 4.78 is 10.3. The largest absolute Gasteiger partial charge is 0.472 e. The third-order valence-electron chi connectivity index (χ3n) is 2.91. The number of furan rings is 1. The van der Waals surface area contributed by atoms with Crippen molar-refractivity contribution < 1.29 is 19.1 Å². The molecule has 100 valence electrons. The SMILES string of the molecule is CC(C)(C)OC(=O)N1C[C@@H](O)[C@H](c2ccoc2)C1. The van der Waals surface area contributed by atoms with Crippen LogP contribution in [0.15, 0.2) is 23.0 Å². The van der Waals surface area contributed by atoms with Crippen LogP contribution in [-0.4, -0.2) is 40.9 Å². The highest BCUT2D eigenvalue weighted by molar-refractivity contribution is 5.68. The summed E-state index contributed by atoms with van der Waals surface area (Å²) in [5.41, 5.74) is 0.393. The van der Waals surface area contributed by atoms with Crippen LogP contribution in [0.5, 0.6) is 0 Å². The second-order valence-corrected chi connectivity index (χ2v) is 5.62. The van der Waals surface area contributed by atoms with Crippen molar-refractivity contribution in [1.29, 1.82) is 0 Å². The number of aliphatic hydroxyl groups excluding tert-OH is 1. The van der Waals surface area contributed by atoms with Gasteiger partial charge in [0.25, 0.3) is 0 Å². The average Bonchev–Trinajstić information content (AvgIpc) is 2.82. The maximum absolute atomic E-state index is 11.9. The van der Waals surface area contributed by atoms with Crippen LogP contribution in [0, 0.1) is 0 Å². The lowest BCUT2D eigenvalue weighted by molar-refractivity contribution is 0.0270. The van der Waals surface area contributed by atoms with Crippen molar-refractivity contribution in [2.45, 2.75) is 38.4 Å². The van der Waals surface area contributed by atoms with Gasteiger partial charge in [-0.15, -0.1) is 0 Å². The van der Waals surface area contributed by atoms with Gasteiger partial charge in [0.2, 0.25) is 0 Å². The van der Waals surface area contributed by atoms with Gasteiger partial charge in [-0.1, -0.05) is 0 Å². The van der Waals surface area contributed by atoms with Gasteiger partial charge in [0.05, 0.1) is 25.2 Å². The number of likely N-dealkylation sites (tertiary alicyclic amines) is 1. The van der Waals surface area contributed by atoms with E-state index in [1.807, 2.05) is 26.8 Å². The molecular formula is C13H19NO4. The van der Waals surface area contributed by atoms with Gasteiger partial charge in [0, 0.05) is 12.5 Å². The number of amides is 1. The highest BCUT2D eigenvalue weighted by Crippen LogP contribution is 2.28. The summed E-state index contributed by atoms with van der Waals surface area (Å²) in [7, 11) is 0. The summed E-state index contributed by atoms with van der Waals surface area (Å²) in [5.74, 6) is -0.101. The van der Waals surface area contributed by atoms with Gasteiger partial charge < -0.3 is 19.2 Å². The van der Waals surface area contributed by atoms with Crippen molar-refractivity contribution in [2.75, 3.05) is 13.1 Å². The zero-order chi connectivity index (χ0) is 13.3. The zero-order valence-corrected chi connectivity index (χ0v) is 10.9. The van der Waals surface area contributed by atoms with E-state index in [-0.39, 0.29) is 12.0 Å². The molecule has 1 fully saturated rings. The Morgan fingerprint density at radius 2 is 2.22 bits per heavy atom. The first-order chi connectivity index (χ1) is 8.37. The molecule has 1 aromatic rings. The zero-order valence-electron chi connectivity index (χ0n) is 10.9. The smallest absolute Gasteiger partial charge is 0.410 e. The molecule has 0 spiro atoms. The summed E-state index contributed by atoms with van der Waals surface area (Å²) >= 11 is 0. The van der Waals surface area contributed by atoms with Crippen LogP contribution >= 0.6 is 0 Å². The highest BCUT2D eigenvalue weighted by atomic mass is 16.6. The van der Waals surface area contributed by atoms with Crippen LogP contribution < -0.4 is 0 Å². The van der Waals surface area contributed by atoms with E-state index < -0.39 is 11.7 Å². The number of ether oxygens (including phenoxy) is 1. The van der Waals surface area contributed by atoms with E-state index in [1.54, 1.807) is 12.5 Å². The first-order valence-corrected chi connectivity index (χ1v) is 6.05. The Morgan fingerprint density at radius 1 is 1.50 bits per heavy atom. The van der Waals surface area contributed by atoms with Crippen molar-refractivity contribution in [2.24, 2.45) is 0 Å². The van der Waals surface area contributed by atoms with Crippen LogP contribution in [0.1, 0.15) is 32.3 Å². The van der Waals surface area contributed by atoms with E-state index in [0.29, 0.717) is 13.1 Å². The molecule has 1 saturated heterocycles. The third kappa shape index (κ3) is 2.85. The number of hydrogen-bond acceptors (Lipinski definition) is 4. The Hall–Kier alpha value is -1.49. The number of carbonyl (C=O) groups excluding carboxylic acids is 1. The van der Waals surface area contributed by atoms with Crippen LogP contribution in [0.2, 0.25) is 0 Å². The van der Waals surface area contributed by atoms with Crippen LogP contribution in [0.3, 0.4) is 0 Å². The predicted molar refractivity (Wildman–Crippen MR) is 65.3 cm³/mol. The number of hydrogen-bond donors (Lipinski definition) is 1. The van der Waals surface area contributed by atoms with E-state index in [0.717, 1.165) is 5.56 Å². The van der Waals surface area contributed by atoms with Gasteiger partial charge >= 0.3 is 6.09 Å². The van der Waals surface area contributed by atoms with Crippen molar-refractivity contribution in [3.8, 4) is 0 Å². The molecule has 5 heteroatoms. The molecule has 0 bridgehead atoms. The topological polar surface area (TPSA) is 62.9 Å². The molecule has 2 rings (SSSR count). The standard InChI is InChI=1S/C13H19NO4/c1-13(2,3)18-12(16)14-6-10(11(15)7-14)9-4-5-17-8-9/h4-5,8,10-11,15H,6-7H2,1-3H3/t10-,11+/m0/s1. The van der Waals surface area contributed by atoms with Gasteiger partial charge in [-0.3, -0.25) is 0 Å². The molecule has 1 aliphatic rings. The Morgan fingerprint density at radius 3 is 2.78 bits per heavy atom. The predicted octanol–water partition coefficient (Wildman–Crippen LogP) is 1.97. The summed E-state index contributed by atoms with van der Waals surface area (Å²) in [6.07, 6.45) is 2.22. The molecule has 5 nitrogen and oxygen atoms in total. The van der Waals surface area contributed by atoms with Gasteiger partial charge in [-0.2, -0.15) is 0 Å². The van der Waals surface area contributed by atoms with Crippen molar-refractivity contribution in [3.63, 3.8) is 0 Å². The van der Waals surface area contributed by atoms with E-state index in [2.05, 4.69) is 0 Å². The summed E-state index contributed by atoms with van der Waals surface area (Å²) in [5, 5.41) is 9.99. The van der Waals surface area contributed by atoms with Gasteiger partial charge in [0.15, 0.2) is 0 Å². The molecule has 0 unspecified atom stereocenters. The van der Waals surface area contributed by atoms with Crippen molar-refractivity contribution in [3.05, 3.63) is 24.2 Å². The van der Waals surface area contributed by atoms with Crippen LogP contribution in [0.25, 0.3) is 0 Å². The molecule has 1 N–H and O–H groups in total. The average molecular weight is 253 g/mol. The Bertz CT molecular complexity index is 407. The van der Waals surface area contributed by atoms with E-state index in [9.17, 15) is 9.90 Å². The number of nitrogens with zero attached hydrogens (tertiary/aromatic N) is 1. The number of β-amino-alcohol motifs (C(OH)–C–C–N with tert-alkyl or cyclic N) is 1. The minimum Gasteiger partial charge on any atom is -0.472 e. The second-order valence-electron chi connectivity index (χ2n) is 5.62. The molecular weight excluding hydrogens is 234 g/mol. The monoisotopic (exact) mass is 253 g/mol. The molecule has 1 aromatic heterocycles. The molecule has 0 saturated carbocycles. The molecule has 2 heterocycles. The molecule has 18 heavy (non-hydrogen) atoms. The maximum atomic E-state index is 11.9. The Balaban J connectivity index is 2.00. The molecule has 1 amide bonds. The molecule has 1 aliphatic heterocycles. The fraction of sp³-hybridized carbons (Fsp3) is 0.615. The first kappa shape index (κ1) is 13.0. The van der Waals surface area contributed by atoms with E-state index >= 15 is 0 Å². The quantitative estimate of drug-likeness (QED) is 0.831. The third-order valence-corrected chi connectivity index (χ3v) is 2.91. The van der Waals surface area contributed by atoms with Gasteiger partial charge in [-0.25, -0.2) is 4.79 Å². The summed E-state index contributed by atoms with van der Waals surface area (Å²) in [4.78, 5) is 13.4. The lowest BCUT2D eigenvalue weighted by atomic mass is 9.99. The lowest BCUT2D eigenvalue weighted by Gasteiger charge is -2.24. The minimum absolute atomic E-state index is 0.101. The number of aliphatic hydroxyl groups is 1. The Labute approximate surface area is 106 Å². The first-order valence-electron chi connectivity index (χ1n) is 6.05. The van der Waals surface area contributed by atoms with Crippen LogP contribution in [0.4, 0.5) is 4.79 Å². The maximum Gasteiger partial charge on any atom is 0.410 e. The highest BCUT2D eigenvalue weighted by Gasteiger charge is 2.37. The van der Waals surface area contributed by atoms with E-state index in [1.165, 1.54) is 4.90 Å². The summed E-state index contributed by atoms with van der Waals surface area (Å²) in [6, 6.07) is 1.81. The molecule has 0 aliphatic carbocycles. The van der Waals surface area contributed by atoms with Gasteiger partial charge in [-0.05, 0) is 32.4 Å². The molecule has 0 radical (unpaired) electrons. The number of rotatable bonds is 1. The lowest BCUT2D eigenvalue weighted by Crippen LogP contribution is -2.35. The second kappa shape index (κ2) is 4.65. The summed E-state index contributed by atoms with van der Waals surface area (Å²) in [6.45, 7) is 6.22.